The van der Waals surface area contributed by atoms with E-state index in [0.29, 0.717) is 5.56 Å². The van der Waals surface area contributed by atoms with Crippen molar-refractivity contribution >= 4 is 0 Å². The lowest BCUT2D eigenvalue weighted by molar-refractivity contribution is 0.270. The van der Waals surface area contributed by atoms with Gasteiger partial charge in [-0.15, -0.1) is 0 Å². The molecule has 0 spiro atoms. The van der Waals surface area contributed by atoms with E-state index in [0.717, 1.165) is 19.4 Å². The van der Waals surface area contributed by atoms with Gasteiger partial charge in [0.05, 0.1) is 0 Å². The number of phenols is 1. The molecular weight excluding hydrogens is 181 g/mol. The molecule has 0 aromatic heterocycles. The summed E-state index contributed by atoms with van der Waals surface area (Å²) in [5, 5.41) is 12.3. The highest BCUT2D eigenvalue weighted by Crippen LogP contribution is 2.28. The Kier molecular flexibility index (Phi) is 2.68. The highest BCUT2D eigenvalue weighted by atomic mass is 19.1. The molecule has 2 atom stereocenters. The zero-order chi connectivity index (χ0) is 9.97. The molecule has 2 N–H and O–H groups in total. The van der Waals surface area contributed by atoms with Crippen LogP contribution in [0.4, 0.5) is 4.39 Å². The minimum Gasteiger partial charge on any atom is -0.508 e. The fourth-order valence-electron chi connectivity index (χ4n) is 1.89. The summed E-state index contributed by atoms with van der Waals surface area (Å²) in [4.78, 5) is 0. The smallest absolute Gasteiger partial charge is 0.140 e. The van der Waals surface area contributed by atoms with Crippen molar-refractivity contribution in [2.24, 2.45) is 0 Å². The lowest BCUT2D eigenvalue weighted by Crippen LogP contribution is -2.26. The lowest BCUT2D eigenvalue weighted by Gasteiger charge is -2.16. The maximum atomic E-state index is 13.8. The van der Waals surface area contributed by atoms with Crippen LogP contribution in [0.1, 0.15) is 24.6 Å². The second-order valence-corrected chi connectivity index (χ2v) is 3.70. The largest absolute Gasteiger partial charge is 0.508 e. The SMILES string of the molecule is Oc1cccc(C(F)C2CCCN2)c1. The van der Waals surface area contributed by atoms with Gasteiger partial charge in [-0.1, -0.05) is 12.1 Å². The summed E-state index contributed by atoms with van der Waals surface area (Å²) >= 11 is 0. The topological polar surface area (TPSA) is 32.3 Å². The van der Waals surface area contributed by atoms with Crippen LogP contribution in [0.15, 0.2) is 24.3 Å². The van der Waals surface area contributed by atoms with E-state index in [1.54, 1.807) is 18.2 Å². The molecule has 3 heteroatoms. The second-order valence-electron chi connectivity index (χ2n) is 3.70. The van der Waals surface area contributed by atoms with Crippen molar-refractivity contribution in [3.8, 4) is 5.75 Å². The van der Waals surface area contributed by atoms with Crippen molar-refractivity contribution in [2.75, 3.05) is 6.54 Å². The number of alkyl halides is 1. The highest BCUT2D eigenvalue weighted by Gasteiger charge is 2.25. The average Bonchev–Trinajstić information content (AvgIpc) is 2.69. The Hall–Kier alpha value is -1.09. The molecule has 2 unspecified atom stereocenters. The number of hydrogen-bond acceptors (Lipinski definition) is 2. The second kappa shape index (κ2) is 3.96. The molecule has 1 aromatic carbocycles. The van der Waals surface area contributed by atoms with E-state index in [1.165, 1.54) is 6.07 Å². The van der Waals surface area contributed by atoms with Gasteiger partial charge in [-0.3, -0.25) is 0 Å². The summed E-state index contributed by atoms with van der Waals surface area (Å²) in [5.41, 5.74) is 0.560. The Morgan fingerprint density at radius 3 is 3.00 bits per heavy atom. The number of phenolic OH excluding ortho intramolecular Hbond substituents is 1. The molecule has 14 heavy (non-hydrogen) atoms. The van der Waals surface area contributed by atoms with E-state index < -0.39 is 6.17 Å². The Balaban J connectivity index is 2.13. The van der Waals surface area contributed by atoms with Gasteiger partial charge in [0.1, 0.15) is 11.9 Å². The number of halogens is 1. The van der Waals surface area contributed by atoms with Crippen molar-refractivity contribution in [3.63, 3.8) is 0 Å². The number of aromatic hydroxyl groups is 1. The molecule has 1 fully saturated rings. The number of rotatable bonds is 2. The predicted molar refractivity (Wildman–Crippen MR) is 53.0 cm³/mol. The van der Waals surface area contributed by atoms with Crippen LogP contribution in [-0.4, -0.2) is 17.7 Å². The number of benzene rings is 1. The Morgan fingerprint density at radius 1 is 1.50 bits per heavy atom. The quantitative estimate of drug-likeness (QED) is 0.757. The summed E-state index contributed by atoms with van der Waals surface area (Å²) in [5.74, 6) is 0.128. The van der Waals surface area contributed by atoms with Crippen LogP contribution in [0.25, 0.3) is 0 Å². The first-order valence-corrected chi connectivity index (χ1v) is 4.94. The minimum atomic E-state index is -1.01. The molecule has 76 valence electrons. The van der Waals surface area contributed by atoms with Crippen molar-refractivity contribution in [1.82, 2.24) is 5.32 Å². The van der Waals surface area contributed by atoms with E-state index in [9.17, 15) is 9.50 Å². The molecule has 0 bridgehead atoms. The van der Waals surface area contributed by atoms with Crippen LogP contribution in [0.2, 0.25) is 0 Å². The molecule has 1 saturated heterocycles. The number of nitrogens with one attached hydrogen (secondary N) is 1. The molecular formula is C11H14FNO. The van der Waals surface area contributed by atoms with E-state index in [-0.39, 0.29) is 11.8 Å². The van der Waals surface area contributed by atoms with Gasteiger partial charge in [-0.05, 0) is 37.1 Å². The zero-order valence-electron chi connectivity index (χ0n) is 7.91. The highest BCUT2D eigenvalue weighted by molar-refractivity contribution is 5.29. The minimum absolute atomic E-state index is 0.0863. The fourth-order valence-corrected chi connectivity index (χ4v) is 1.89. The van der Waals surface area contributed by atoms with Gasteiger partial charge < -0.3 is 10.4 Å². The van der Waals surface area contributed by atoms with Gasteiger partial charge in [0.25, 0.3) is 0 Å². The first kappa shape index (κ1) is 9.46. The van der Waals surface area contributed by atoms with Crippen molar-refractivity contribution in [2.45, 2.75) is 25.1 Å². The van der Waals surface area contributed by atoms with Gasteiger partial charge in [0.15, 0.2) is 0 Å². The maximum Gasteiger partial charge on any atom is 0.140 e. The summed E-state index contributed by atoms with van der Waals surface area (Å²) in [6.07, 6.45) is 0.894. The average molecular weight is 195 g/mol. The molecule has 1 aromatic rings. The van der Waals surface area contributed by atoms with Crippen molar-refractivity contribution in [3.05, 3.63) is 29.8 Å². The third-order valence-corrected chi connectivity index (χ3v) is 2.64. The van der Waals surface area contributed by atoms with E-state index in [2.05, 4.69) is 5.32 Å². The maximum absolute atomic E-state index is 13.8. The predicted octanol–water partition coefficient (Wildman–Crippen LogP) is 2.15. The van der Waals surface area contributed by atoms with Gasteiger partial charge in [0.2, 0.25) is 0 Å². The van der Waals surface area contributed by atoms with Gasteiger partial charge in [-0.2, -0.15) is 0 Å². The summed E-state index contributed by atoms with van der Waals surface area (Å²) < 4.78 is 13.8. The third-order valence-electron chi connectivity index (χ3n) is 2.64. The molecule has 1 aliphatic rings. The first-order valence-electron chi connectivity index (χ1n) is 4.94. The lowest BCUT2D eigenvalue weighted by atomic mass is 10.0. The van der Waals surface area contributed by atoms with Gasteiger partial charge >= 0.3 is 0 Å². The molecule has 0 saturated carbocycles. The normalized spacial score (nSPS) is 23.6. The molecule has 1 heterocycles. The van der Waals surface area contributed by atoms with E-state index in [4.69, 9.17) is 0 Å². The van der Waals surface area contributed by atoms with Gasteiger partial charge in [0, 0.05) is 6.04 Å². The molecule has 2 rings (SSSR count). The van der Waals surface area contributed by atoms with Crippen molar-refractivity contribution in [1.29, 1.82) is 0 Å². The summed E-state index contributed by atoms with van der Waals surface area (Å²) in [6, 6.07) is 6.34. The first-order chi connectivity index (χ1) is 6.77. The fraction of sp³-hybridized carbons (Fsp3) is 0.455. The molecule has 2 nitrogen and oxygen atoms in total. The number of hydrogen-bond donors (Lipinski definition) is 2. The van der Waals surface area contributed by atoms with Crippen LogP contribution in [0.3, 0.4) is 0 Å². The Labute approximate surface area is 82.8 Å². The standard InChI is InChI=1S/C11H14FNO/c12-11(10-5-2-6-13-10)8-3-1-4-9(14)7-8/h1,3-4,7,10-11,13-14H,2,5-6H2. The van der Waals surface area contributed by atoms with Crippen LogP contribution >= 0.6 is 0 Å². The van der Waals surface area contributed by atoms with Crippen LogP contribution in [-0.2, 0) is 0 Å². The zero-order valence-corrected chi connectivity index (χ0v) is 7.91. The monoisotopic (exact) mass is 195 g/mol. The van der Waals surface area contributed by atoms with Crippen LogP contribution in [0, 0.1) is 0 Å². The third kappa shape index (κ3) is 1.87. The molecule has 0 amide bonds. The molecule has 0 radical (unpaired) electrons. The van der Waals surface area contributed by atoms with Crippen molar-refractivity contribution < 1.29 is 9.50 Å². The van der Waals surface area contributed by atoms with Gasteiger partial charge in [-0.25, -0.2) is 4.39 Å². The Bertz CT molecular complexity index is 310. The summed E-state index contributed by atoms with van der Waals surface area (Å²) in [6.45, 7) is 0.893. The Morgan fingerprint density at radius 2 is 2.36 bits per heavy atom. The van der Waals surface area contributed by atoms with E-state index >= 15 is 0 Å². The molecule has 0 aliphatic carbocycles. The summed E-state index contributed by atoms with van der Waals surface area (Å²) in [7, 11) is 0. The van der Waals surface area contributed by atoms with Crippen LogP contribution < -0.4 is 5.32 Å². The molecule has 1 aliphatic heterocycles. The van der Waals surface area contributed by atoms with E-state index in [1.807, 2.05) is 0 Å². The van der Waals surface area contributed by atoms with Crippen LogP contribution in [0.5, 0.6) is 5.75 Å².